The normalized spacial score (nSPS) is 24.0. The molecule has 4 atom stereocenters. The molecule has 2 aliphatic rings. The predicted octanol–water partition coefficient (Wildman–Crippen LogP) is 6.03. The molecule has 0 aliphatic heterocycles. The Labute approximate surface area is 222 Å². The van der Waals surface area contributed by atoms with Crippen molar-refractivity contribution in [3.05, 3.63) is 48.0 Å². The van der Waals surface area contributed by atoms with E-state index in [0.717, 1.165) is 51.4 Å². The number of carbonyl (C=O) groups excluding carboxylic acids is 3. The van der Waals surface area contributed by atoms with Gasteiger partial charge in [-0.2, -0.15) is 0 Å². The summed E-state index contributed by atoms with van der Waals surface area (Å²) >= 11 is 0. The van der Waals surface area contributed by atoms with Crippen molar-refractivity contribution in [2.24, 2.45) is 29.6 Å². The van der Waals surface area contributed by atoms with Gasteiger partial charge < -0.3 is 14.2 Å². The molecular formula is C31H44O6. The minimum Gasteiger partial charge on any atom is -0.468 e. The zero-order valence-electron chi connectivity index (χ0n) is 23.1. The van der Waals surface area contributed by atoms with E-state index in [1.165, 1.54) is 25.9 Å². The van der Waals surface area contributed by atoms with Gasteiger partial charge in [0.15, 0.2) is 5.92 Å². The number of benzene rings is 1. The van der Waals surface area contributed by atoms with E-state index in [-0.39, 0.29) is 23.4 Å². The Balaban J connectivity index is 1.81. The number of allylic oxidation sites excluding steroid dienone is 1. The molecule has 0 aromatic heterocycles. The smallest absolute Gasteiger partial charge is 0.330 e. The van der Waals surface area contributed by atoms with Crippen LogP contribution in [0.25, 0.3) is 0 Å². The van der Waals surface area contributed by atoms with Crippen LogP contribution in [0.4, 0.5) is 0 Å². The van der Waals surface area contributed by atoms with Gasteiger partial charge in [0.25, 0.3) is 0 Å². The molecule has 1 aromatic carbocycles. The van der Waals surface area contributed by atoms with E-state index in [2.05, 4.69) is 45.0 Å². The summed E-state index contributed by atoms with van der Waals surface area (Å²) in [5.41, 5.74) is 1.09. The molecule has 204 valence electrons. The summed E-state index contributed by atoms with van der Waals surface area (Å²) in [6, 6.07) is 10.4. The maximum Gasteiger partial charge on any atom is 0.330 e. The number of esters is 3. The molecule has 2 saturated carbocycles. The van der Waals surface area contributed by atoms with Crippen molar-refractivity contribution in [2.75, 3.05) is 14.2 Å². The largest absolute Gasteiger partial charge is 0.468 e. The second-order valence-corrected chi connectivity index (χ2v) is 11.4. The predicted molar refractivity (Wildman–Crippen MR) is 143 cm³/mol. The van der Waals surface area contributed by atoms with Crippen LogP contribution in [0.2, 0.25) is 0 Å². The third kappa shape index (κ3) is 7.24. The van der Waals surface area contributed by atoms with Crippen molar-refractivity contribution in [3.8, 4) is 0 Å². The molecule has 2 fully saturated rings. The fourth-order valence-electron chi connectivity index (χ4n) is 6.47. The molecule has 0 unspecified atom stereocenters. The third-order valence-corrected chi connectivity index (χ3v) is 8.71. The van der Waals surface area contributed by atoms with Gasteiger partial charge in [-0.15, -0.1) is 0 Å². The van der Waals surface area contributed by atoms with E-state index < -0.39 is 29.7 Å². The standard InChI is InChI=1S/C31H44O6/c1-21-16-18-25(31(2,3)23-14-10-7-11-15-23)26(20-21)37-27(32)19-17-24(22-12-8-6-9-13-22)28(29(33)35-4)30(34)36-5/h7,10-11,14-15,17,19,21-22,24-26,28H,6,8-9,12-13,16,18,20H2,1-5H3/b19-17+/t21-,24-,25-,26-/m1/s1. The first-order chi connectivity index (χ1) is 17.7. The maximum absolute atomic E-state index is 13.2. The molecule has 6 heteroatoms. The second-order valence-electron chi connectivity index (χ2n) is 11.4. The summed E-state index contributed by atoms with van der Waals surface area (Å²) in [5, 5.41) is 0. The molecule has 0 N–H and O–H groups in total. The molecule has 0 amide bonds. The van der Waals surface area contributed by atoms with Crippen molar-refractivity contribution in [2.45, 2.75) is 83.7 Å². The number of hydrogen-bond acceptors (Lipinski definition) is 6. The minimum absolute atomic E-state index is 0.0977. The van der Waals surface area contributed by atoms with E-state index in [1.54, 1.807) is 6.08 Å². The Morgan fingerprint density at radius 1 is 0.919 bits per heavy atom. The highest BCUT2D eigenvalue weighted by molar-refractivity contribution is 5.95. The summed E-state index contributed by atoms with van der Waals surface area (Å²) in [7, 11) is 2.54. The Morgan fingerprint density at radius 2 is 1.54 bits per heavy atom. The highest BCUT2D eigenvalue weighted by atomic mass is 16.5. The first kappa shape index (κ1) is 28.9. The lowest BCUT2D eigenvalue weighted by molar-refractivity contribution is -0.162. The highest BCUT2D eigenvalue weighted by Crippen LogP contribution is 2.44. The molecule has 0 spiro atoms. The van der Waals surface area contributed by atoms with Gasteiger partial charge in [-0.25, -0.2) is 4.79 Å². The molecule has 2 aliphatic carbocycles. The number of ether oxygens (including phenoxy) is 3. The van der Waals surface area contributed by atoms with Crippen molar-refractivity contribution in [3.63, 3.8) is 0 Å². The Bertz CT molecular complexity index is 914. The van der Waals surface area contributed by atoms with Gasteiger partial charge in [0.1, 0.15) is 6.10 Å². The minimum atomic E-state index is -1.10. The molecule has 0 heterocycles. The number of carbonyl (C=O) groups is 3. The molecule has 0 bridgehead atoms. The van der Waals surface area contributed by atoms with Crippen molar-refractivity contribution in [1.82, 2.24) is 0 Å². The van der Waals surface area contributed by atoms with E-state index >= 15 is 0 Å². The fraction of sp³-hybridized carbons (Fsp3) is 0.645. The molecule has 37 heavy (non-hydrogen) atoms. The summed E-state index contributed by atoms with van der Waals surface area (Å²) in [6.45, 7) is 6.67. The lowest BCUT2D eigenvalue weighted by atomic mass is 9.64. The van der Waals surface area contributed by atoms with Gasteiger partial charge in [0.2, 0.25) is 0 Å². The van der Waals surface area contributed by atoms with E-state index in [1.807, 2.05) is 6.07 Å². The van der Waals surface area contributed by atoms with Gasteiger partial charge in [0, 0.05) is 17.9 Å². The number of hydrogen-bond donors (Lipinski definition) is 0. The Hall–Kier alpha value is -2.63. The molecule has 0 radical (unpaired) electrons. The molecule has 3 rings (SSSR count). The molecular weight excluding hydrogens is 468 g/mol. The average molecular weight is 513 g/mol. The topological polar surface area (TPSA) is 78.9 Å². The van der Waals surface area contributed by atoms with Gasteiger partial charge in [0.05, 0.1) is 14.2 Å². The van der Waals surface area contributed by atoms with Gasteiger partial charge >= 0.3 is 17.9 Å². The molecule has 0 saturated heterocycles. The lowest BCUT2D eigenvalue weighted by Gasteiger charge is -2.43. The first-order valence-corrected chi connectivity index (χ1v) is 13.8. The van der Waals surface area contributed by atoms with E-state index in [4.69, 9.17) is 14.2 Å². The second kappa shape index (κ2) is 13.3. The van der Waals surface area contributed by atoms with Gasteiger partial charge in [-0.1, -0.05) is 82.9 Å². The highest BCUT2D eigenvalue weighted by Gasteiger charge is 2.43. The summed E-state index contributed by atoms with van der Waals surface area (Å²) < 4.78 is 16.0. The number of methoxy groups -OCH3 is 2. The van der Waals surface area contributed by atoms with Gasteiger partial charge in [-0.3, -0.25) is 9.59 Å². The zero-order chi connectivity index (χ0) is 27.0. The summed E-state index contributed by atoms with van der Waals surface area (Å²) in [5.74, 6) is -2.51. The van der Waals surface area contributed by atoms with Crippen molar-refractivity contribution in [1.29, 1.82) is 0 Å². The van der Waals surface area contributed by atoms with Gasteiger partial charge in [-0.05, 0) is 48.5 Å². The van der Waals surface area contributed by atoms with Crippen LogP contribution in [0.1, 0.15) is 77.7 Å². The molecule has 1 aromatic rings. The van der Waals surface area contributed by atoms with Crippen molar-refractivity contribution < 1.29 is 28.6 Å². The van der Waals surface area contributed by atoms with E-state index in [0.29, 0.717) is 5.92 Å². The Kier molecular flexibility index (Phi) is 10.4. The van der Waals surface area contributed by atoms with Crippen LogP contribution >= 0.6 is 0 Å². The summed E-state index contributed by atoms with van der Waals surface area (Å²) in [6.07, 6.45) is 10.8. The SMILES string of the molecule is COC(=O)C(C(=O)OC)[C@H](/C=C/C(=O)O[C@@H]1C[C@H](C)CC[C@H]1C(C)(C)c1ccccc1)C1CCCCC1. The first-order valence-electron chi connectivity index (χ1n) is 13.8. The lowest BCUT2D eigenvalue weighted by Crippen LogP contribution is -2.43. The fourth-order valence-corrected chi connectivity index (χ4v) is 6.47. The zero-order valence-corrected chi connectivity index (χ0v) is 23.1. The van der Waals surface area contributed by atoms with Crippen LogP contribution in [0, 0.1) is 29.6 Å². The average Bonchev–Trinajstić information content (AvgIpc) is 2.91. The maximum atomic E-state index is 13.2. The van der Waals surface area contributed by atoms with E-state index in [9.17, 15) is 14.4 Å². The van der Waals surface area contributed by atoms with Crippen LogP contribution in [0.5, 0.6) is 0 Å². The quantitative estimate of drug-likeness (QED) is 0.174. The van der Waals surface area contributed by atoms with Crippen LogP contribution < -0.4 is 0 Å². The number of rotatable bonds is 9. The Morgan fingerprint density at radius 3 is 2.14 bits per heavy atom. The monoisotopic (exact) mass is 512 g/mol. The van der Waals surface area contributed by atoms with Crippen LogP contribution in [-0.4, -0.2) is 38.2 Å². The molecule has 6 nitrogen and oxygen atoms in total. The summed E-state index contributed by atoms with van der Waals surface area (Å²) in [4.78, 5) is 38.4. The third-order valence-electron chi connectivity index (χ3n) is 8.71. The van der Waals surface area contributed by atoms with Crippen molar-refractivity contribution >= 4 is 17.9 Å². The van der Waals surface area contributed by atoms with Crippen LogP contribution in [-0.2, 0) is 34.0 Å². The van der Waals surface area contributed by atoms with Crippen LogP contribution in [0.15, 0.2) is 42.5 Å². The van der Waals surface area contributed by atoms with Crippen LogP contribution in [0.3, 0.4) is 0 Å².